The van der Waals surface area contributed by atoms with Crippen LogP contribution in [-0.2, 0) is 0 Å². The van der Waals surface area contributed by atoms with Gasteiger partial charge in [-0.15, -0.1) is 11.3 Å². The predicted molar refractivity (Wildman–Crippen MR) is 73.7 cm³/mol. The highest BCUT2D eigenvalue weighted by Crippen LogP contribution is 2.25. The Morgan fingerprint density at radius 3 is 2.78 bits per heavy atom. The Morgan fingerprint density at radius 2 is 2.28 bits per heavy atom. The van der Waals surface area contributed by atoms with Crippen LogP contribution in [0.5, 0.6) is 0 Å². The van der Waals surface area contributed by atoms with Crippen LogP contribution in [-0.4, -0.2) is 17.1 Å². The number of aryl methyl sites for hydroxylation is 1. The number of hydrogen-bond donors (Lipinski definition) is 2. The lowest BCUT2D eigenvalue weighted by atomic mass is 10.0. The standard InChI is InChI=1S/C13H21N3OS/c1-8(2)6-11(12-14-9(3)7-18-12)16-13(17)15-10-4-5-10/h7-8,10-11H,4-6H2,1-3H3,(H2,15,16,17). The lowest BCUT2D eigenvalue weighted by Crippen LogP contribution is -2.39. The van der Waals surface area contributed by atoms with E-state index in [2.05, 4.69) is 29.5 Å². The number of thiazole rings is 1. The van der Waals surface area contributed by atoms with Gasteiger partial charge in [-0.1, -0.05) is 13.8 Å². The van der Waals surface area contributed by atoms with Gasteiger partial charge in [-0.25, -0.2) is 9.78 Å². The molecule has 0 saturated heterocycles. The molecular formula is C13H21N3OS. The molecule has 100 valence electrons. The normalized spacial score (nSPS) is 16.7. The second kappa shape index (κ2) is 5.69. The average molecular weight is 267 g/mol. The van der Waals surface area contributed by atoms with Crippen molar-refractivity contribution in [2.24, 2.45) is 5.92 Å². The van der Waals surface area contributed by atoms with E-state index in [1.807, 2.05) is 12.3 Å². The third-order valence-corrected chi connectivity index (χ3v) is 3.94. The van der Waals surface area contributed by atoms with Crippen molar-refractivity contribution in [2.45, 2.75) is 52.1 Å². The highest BCUT2D eigenvalue weighted by atomic mass is 32.1. The zero-order valence-corrected chi connectivity index (χ0v) is 12.0. The molecule has 1 aliphatic carbocycles. The molecule has 0 spiro atoms. The number of nitrogens with one attached hydrogen (secondary N) is 2. The van der Waals surface area contributed by atoms with Gasteiger partial charge in [-0.3, -0.25) is 0 Å². The third-order valence-electron chi connectivity index (χ3n) is 2.86. The van der Waals surface area contributed by atoms with Gasteiger partial charge in [0.1, 0.15) is 5.01 Å². The molecule has 1 atom stereocenters. The van der Waals surface area contributed by atoms with Crippen LogP contribution >= 0.6 is 11.3 Å². The Hall–Kier alpha value is -1.10. The summed E-state index contributed by atoms with van der Waals surface area (Å²) in [5.41, 5.74) is 1.02. The number of hydrogen-bond acceptors (Lipinski definition) is 3. The van der Waals surface area contributed by atoms with E-state index in [0.29, 0.717) is 12.0 Å². The Kier molecular flexibility index (Phi) is 4.22. The maximum atomic E-state index is 11.8. The first-order valence-corrected chi connectivity index (χ1v) is 7.41. The van der Waals surface area contributed by atoms with Crippen molar-refractivity contribution in [1.29, 1.82) is 0 Å². The van der Waals surface area contributed by atoms with Crippen molar-refractivity contribution in [1.82, 2.24) is 15.6 Å². The highest BCUT2D eigenvalue weighted by Gasteiger charge is 2.25. The van der Waals surface area contributed by atoms with Gasteiger partial charge < -0.3 is 10.6 Å². The quantitative estimate of drug-likeness (QED) is 0.861. The maximum absolute atomic E-state index is 11.8. The number of nitrogens with zero attached hydrogens (tertiary/aromatic N) is 1. The van der Waals surface area contributed by atoms with Crippen LogP contribution in [0.4, 0.5) is 4.79 Å². The number of amides is 2. The minimum absolute atomic E-state index is 0.0300. The second-order valence-electron chi connectivity index (χ2n) is 5.40. The fraction of sp³-hybridized carbons (Fsp3) is 0.692. The first-order chi connectivity index (χ1) is 8.54. The number of urea groups is 1. The van der Waals surface area contributed by atoms with E-state index in [9.17, 15) is 4.79 Å². The van der Waals surface area contributed by atoms with Crippen LogP contribution in [0.1, 0.15) is 49.9 Å². The molecule has 18 heavy (non-hydrogen) atoms. The summed E-state index contributed by atoms with van der Waals surface area (Å²) in [4.78, 5) is 16.3. The van der Waals surface area contributed by atoms with Crippen LogP contribution in [0, 0.1) is 12.8 Å². The van der Waals surface area contributed by atoms with E-state index in [0.717, 1.165) is 30.0 Å². The summed E-state index contributed by atoms with van der Waals surface area (Å²) in [6.45, 7) is 6.30. The van der Waals surface area contributed by atoms with Crippen LogP contribution in [0.25, 0.3) is 0 Å². The molecule has 2 rings (SSSR count). The third kappa shape index (κ3) is 3.98. The molecule has 5 heteroatoms. The minimum atomic E-state index is -0.0593. The molecule has 0 aliphatic heterocycles. The number of rotatable bonds is 5. The zero-order chi connectivity index (χ0) is 13.1. The minimum Gasteiger partial charge on any atom is -0.335 e. The molecular weight excluding hydrogens is 246 g/mol. The molecule has 1 aliphatic rings. The molecule has 1 saturated carbocycles. The first kappa shape index (κ1) is 13.3. The van der Waals surface area contributed by atoms with E-state index >= 15 is 0 Å². The summed E-state index contributed by atoms with van der Waals surface area (Å²) in [5.74, 6) is 0.528. The van der Waals surface area contributed by atoms with Gasteiger partial charge in [0.05, 0.1) is 6.04 Å². The smallest absolute Gasteiger partial charge is 0.315 e. The van der Waals surface area contributed by atoms with E-state index in [4.69, 9.17) is 0 Å². The fourth-order valence-corrected chi connectivity index (χ4v) is 2.70. The topological polar surface area (TPSA) is 54.0 Å². The molecule has 4 nitrogen and oxygen atoms in total. The van der Waals surface area contributed by atoms with Crippen molar-refractivity contribution >= 4 is 17.4 Å². The van der Waals surface area contributed by atoms with E-state index in [1.165, 1.54) is 0 Å². The molecule has 2 N–H and O–H groups in total. The Bertz CT molecular complexity index is 412. The largest absolute Gasteiger partial charge is 0.335 e. The first-order valence-electron chi connectivity index (χ1n) is 6.53. The molecule has 1 unspecified atom stereocenters. The summed E-state index contributed by atoms with van der Waals surface area (Å²) in [6.07, 6.45) is 3.14. The number of carbonyl (C=O) groups is 1. The van der Waals surface area contributed by atoms with Gasteiger partial charge in [0.25, 0.3) is 0 Å². The zero-order valence-electron chi connectivity index (χ0n) is 11.2. The van der Waals surface area contributed by atoms with Crippen molar-refractivity contribution in [3.05, 3.63) is 16.1 Å². The van der Waals surface area contributed by atoms with E-state index in [-0.39, 0.29) is 12.1 Å². The predicted octanol–water partition coefficient (Wildman–Crippen LogP) is 3.00. The van der Waals surface area contributed by atoms with Gasteiger partial charge in [-0.2, -0.15) is 0 Å². The summed E-state index contributed by atoms with van der Waals surface area (Å²) in [7, 11) is 0. The molecule has 0 bridgehead atoms. The molecule has 1 aromatic heterocycles. The van der Waals surface area contributed by atoms with Crippen LogP contribution in [0.15, 0.2) is 5.38 Å². The lowest BCUT2D eigenvalue weighted by molar-refractivity contribution is 0.234. The molecule has 1 aromatic rings. The summed E-state index contributed by atoms with van der Waals surface area (Å²) in [6, 6.07) is 0.362. The van der Waals surface area contributed by atoms with E-state index in [1.54, 1.807) is 11.3 Å². The van der Waals surface area contributed by atoms with Crippen molar-refractivity contribution in [3.63, 3.8) is 0 Å². The van der Waals surface area contributed by atoms with Gasteiger partial charge in [0.15, 0.2) is 0 Å². The number of carbonyl (C=O) groups excluding carboxylic acids is 1. The van der Waals surface area contributed by atoms with E-state index < -0.39 is 0 Å². The van der Waals surface area contributed by atoms with Gasteiger partial charge in [-0.05, 0) is 32.1 Å². The Labute approximate surface area is 112 Å². The maximum Gasteiger partial charge on any atom is 0.315 e. The molecule has 2 amide bonds. The SMILES string of the molecule is Cc1csc(C(CC(C)C)NC(=O)NC2CC2)n1. The summed E-state index contributed by atoms with van der Waals surface area (Å²) >= 11 is 1.62. The lowest BCUT2D eigenvalue weighted by Gasteiger charge is -2.18. The van der Waals surface area contributed by atoms with Gasteiger partial charge in [0, 0.05) is 17.1 Å². The number of aromatic nitrogens is 1. The van der Waals surface area contributed by atoms with Crippen molar-refractivity contribution < 1.29 is 4.79 Å². The summed E-state index contributed by atoms with van der Waals surface area (Å²) in [5, 5.41) is 9.05. The molecule has 1 fully saturated rings. The molecule has 0 aromatic carbocycles. The average Bonchev–Trinajstić information content (AvgIpc) is 2.96. The monoisotopic (exact) mass is 267 g/mol. The molecule has 1 heterocycles. The second-order valence-corrected chi connectivity index (χ2v) is 6.29. The van der Waals surface area contributed by atoms with Crippen LogP contribution in [0.2, 0.25) is 0 Å². The molecule has 0 radical (unpaired) electrons. The van der Waals surface area contributed by atoms with Crippen LogP contribution < -0.4 is 10.6 Å². The van der Waals surface area contributed by atoms with Gasteiger partial charge in [0.2, 0.25) is 0 Å². The fourth-order valence-electron chi connectivity index (χ4n) is 1.84. The van der Waals surface area contributed by atoms with Gasteiger partial charge >= 0.3 is 6.03 Å². The summed E-state index contributed by atoms with van der Waals surface area (Å²) < 4.78 is 0. The van der Waals surface area contributed by atoms with Crippen molar-refractivity contribution in [3.8, 4) is 0 Å². The van der Waals surface area contributed by atoms with Crippen LogP contribution in [0.3, 0.4) is 0 Å². The van der Waals surface area contributed by atoms with Crippen molar-refractivity contribution in [2.75, 3.05) is 0 Å². The highest BCUT2D eigenvalue weighted by molar-refractivity contribution is 7.09. The Morgan fingerprint density at radius 1 is 1.56 bits per heavy atom. The Balaban J connectivity index is 1.97.